The molecular weight excluding hydrogens is 173 g/mol. The van der Waals surface area contributed by atoms with Crippen LogP contribution in [0.1, 0.15) is 11.3 Å². The first-order valence-corrected chi connectivity index (χ1v) is 3.26. The predicted octanol–water partition coefficient (Wildman–Crippen LogP) is 1.19. The van der Waals surface area contributed by atoms with Crippen molar-refractivity contribution in [2.45, 2.75) is 12.6 Å². The molecule has 0 aliphatic heterocycles. The summed E-state index contributed by atoms with van der Waals surface area (Å²) in [5.74, 6) is -0.204. The van der Waals surface area contributed by atoms with Gasteiger partial charge in [-0.2, -0.15) is 13.2 Å². The molecule has 0 fully saturated rings. The molecule has 0 saturated heterocycles. The Morgan fingerprint density at radius 2 is 2.17 bits per heavy atom. The average molecular weight is 180 g/mol. The van der Waals surface area contributed by atoms with Gasteiger partial charge in [-0.25, -0.2) is 0 Å². The van der Waals surface area contributed by atoms with Gasteiger partial charge in [0.05, 0.1) is 6.20 Å². The molecule has 0 aliphatic carbocycles. The second kappa shape index (κ2) is 3.14. The maximum atomic E-state index is 12.1. The van der Waals surface area contributed by atoms with E-state index in [1.807, 2.05) is 0 Å². The molecule has 0 amide bonds. The Hall–Kier alpha value is -1.04. The molecule has 0 aromatic carbocycles. The van der Waals surface area contributed by atoms with Gasteiger partial charge in [0, 0.05) is 6.42 Å². The second-order valence-corrected chi connectivity index (χ2v) is 2.20. The minimum absolute atomic E-state index is 0.0504. The van der Waals surface area contributed by atoms with Crippen LogP contribution in [-0.2, 0) is 12.6 Å². The van der Waals surface area contributed by atoms with Gasteiger partial charge >= 0.3 is 6.18 Å². The normalized spacial score (nSPS) is 12.0. The Bertz CT molecular complexity index is 256. The standard InChI is InChI=1S/C6H7F3N2O/c7-6(8,9)4-3-11-12-5(4)1-2-10/h3H,1-2,10H2. The van der Waals surface area contributed by atoms with Crippen molar-refractivity contribution in [3.63, 3.8) is 0 Å². The number of aromatic nitrogens is 1. The Kier molecular flexibility index (Phi) is 2.37. The molecule has 0 atom stereocenters. The third-order valence-electron chi connectivity index (χ3n) is 1.32. The Morgan fingerprint density at radius 1 is 1.50 bits per heavy atom. The first-order chi connectivity index (χ1) is 5.55. The third kappa shape index (κ3) is 1.76. The fraction of sp³-hybridized carbons (Fsp3) is 0.500. The summed E-state index contributed by atoms with van der Waals surface area (Å²) in [6.45, 7) is 0.109. The van der Waals surface area contributed by atoms with Gasteiger partial charge in [-0.1, -0.05) is 5.16 Å². The number of nitrogens with two attached hydrogens (primary N) is 1. The molecule has 2 N–H and O–H groups in total. The van der Waals surface area contributed by atoms with E-state index in [1.54, 1.807) is 0 Å². The van der Waals surface area contributed by atoms with Gasteiger partial charge in [-0.3, -0.25) is 0 Å². The topological polar surface area (TPSA) is 52.0 Å². The molecule has 0 aliphatic rings. The van der Waals surface area contributed by atoms with E-state index in [1.165, 1.54) is 0 Å². The van der Waals surface area contributed by atoms with E-state index in [4.69, 9.17) is 5.73 Å². The van der Waals surface area contributed by atoms with Crippen LogP contribution >= 0.6 is 0 Å². The molecule has 1 aromatic rings. The number of hydrogen-bond donors (Lipinski definition) is 1. The van der Waals surface area contributed by atoms with Gasteiger partial charge in [-0.05, 0) is 6.54 Å². The SMILES string of the molecule is NCCc1oncc1C(F)(F)F. The summed E-state index contributed by atoms with van der Waals surface area (Å²) < 4.78 is 40.6. The molecule has 68 valence electrons. The summed E-state index contributed by atoms with van der Waals surface area (Å²) in [6.07, 6.45) is -3.69. The highest BCUT2D eigenvalue weighted by atomic mass is 19.4. The van der Waals surface area contributed by atoms with Crippen molar-refractivity contribution in [1.82, 2.24) is 5.16 Å². The van der Waals surface area contributed by atoms with E-state index < -0.39 is 11.7 Å². The van der Waals surface area contributed by atoms with Crippen LogP contribution in [0.3, 0.4) is 0 Å². The number of hydrogen-bond acceptors (Lipinski definition) is 3. The zero-order valence-corrected chi connectivity index (χ0v) is 6.06. The molecule has 1 heterocycles. The van der Waals surface area contributed by atoms with Gasteiger partial charge in [0.1, 0.15) is 11.3 Å². The van der Waals surface area contributed by atoms with Crippen molar-refractivity contribution in [3.05, 3.63) is 17.5 Å². The van der Waals surface area contributed by atoms with Crippen LogP contribution in [0.4, 0.5) is 13.2 Å². The van der Waals surface area contributed by atoms with Crippen LogP contribution in [0.2, 0.25) is 0 Å². The Morgan fingerprint density at radius 3 is 2.67 bits per heavy atom. The molecule has 0 unspecified atom stereocenters. The predicted molar refractivity (Wildman–Crippen MR) is 34.3 cm³/mol. The van der Waals surface area contributed by atoms with Crippen LogP contribution in [0.15, 0.2) is 10.7 Å². The van der Waals surface area contributed by atoms with Crippen LogP contribution in [-0.4, -0.2) is 11.7 Å². The minimum Gasteiger partial charge on any atom is -0.361 e. The first-order valence-electron chi connectivity index (χ1n) is 3.26. The molecule has 0 bridgehead atoms. The number of alkyl halides is 3. The Balaban J connectivity index is 2.91. The smallest absolute Gasteiger partial charge is 0.361 e. The lowest BCUT2D eigenvalue weighted by atomic mass is 10.2. The van der Waals surface area contributed by atoms with Gasteiger partial charge in [0.15, 0.2) is 0 Å². The van der Waals surface area contributed by atoms with Gasteiger partial charge < -0.3 is 10.3 Å². The van der Waals surface area contributed by atoms with Crippen LogP contribution in [0.25, 0.3) is 0 Å². The summed E-state index contributed by atoms with van der Waals surface area (Å²) in [6, 6.07) is 0. The van der Waals surface area contributed by atoms with E-state index in [9.17, 15) is 13.2 Å². The molecule has 3 nitrogen and oxygen atoms in total. The molecular formula is C6H7F3N2O. The summed E-state index contributed by atoms with van der Waals surface area (Å²) in [7, 11) is 0. The number of rotatable bonds is 2. The summed E-state index contributed by atoms with van der Waals surface area (Å²) in [5.41, 5.74) is 4.24. The van der Waals surface area contributed by atoms with Gasteiger partial charge in [0.25, 0.3) is 0 Å². The fourth-order valence-corrected chi connectivity index (χ4v) is 0.807. The van der Waals surface area contributed by atoms with Crippen molar-refractivity contribution in [2.75, 3.05) is 6.54 Å². The quantitative estimate of drug-likeness (QED) is 0.743. The maximum absolute atomic E-state index is 12.1. The van der Waals surface area contributed by atoms with Crippen molar-refractivity contribution in [2.24, 2.45) is 5.73 Å². The lowest BCUT2D eigenvalue weighted by Gasteiger charge is -2.03. The zero-order valence-electron chi connectivity index (χ0n) is 6.06. The number of nitrogens with zero attached hydrogens (tertiary/aromatic N) is 1. The molecule has 0 spiro atoms. The van der Waals surface area contributed by atoms with Crippen LogP contribution in [0.5, 0.6) is 0 Å². The zero-order chi connectivity index (χ0) is 9.19. The van der Waals surface area contributed by atoms with E-state index in [-0.39, 0.29) is 18.7 Å². The van der Waals surface area contributed by atoms with E-state index >= 15 is 0 Å². The van der Waals surface area contributed by atoms with Crippen molar-refractivity contribution < 1.29 is 17.7 Å². The van der Waals surface area contributed by atoms with Crippen molar-refractivity contribution in [3.8, 4) is 0 Å². The van der Waals surface area contributed by atoms with Crippen LogP contribution < -0.4 is 5.73 Å². The van der Waals surface area contributed by atoms with Crippen molar-refractivity contribution in [1.29, 1.82) is 0 Å². The molecule has 12 heavy (non-hydrogen) atoms. The average Bonchev–Trinajstić information content (AvgIpc) is 2.34. The van der Waals surface area contributed by atoms with Gasteiger partial charge in [0.2, 0.25) is 0 Å². The van der Waals surface area contributed by atoms with E-state index in [0.29, 0.717) is 6.20 Å². The molecule has 1 rings (SSSR count). The highest BCUT2D eigenvalue weighted by molar-refractivity contribution is 5.17. The summed E-state index contributed by atoms with van der Waals surface area (Å²) in [5, 5.41) is 3.06. The largest absolute Gasteiger partial charge is 0.421 e. The monoisotopic (exact) mass is 180 g/mol. The highest BCUT2D eigenvalue weighted by Gasteiger charge is 2.35. The molecule has 1 aromatic heterocycles. The third-order valence-corrected chi connectivity index (χ3v) is 1.32. The minimum atomic E-state index is -4.40. The van der Waals surface area contributed by atoms with Gasteiger partial charge in [-0.15, -0.1) is 0 Å². The van der Waals surface area contributed by atoms with Crippen molar-refractivity contribution >= 4 is 0 Å². The lowest BCUT2D eigenvalue weighted by molar-refractivity contribution is -0.138. The molecule has 0 radical (unpaired) electrons. The Labute approximate surface area is 66.3 Å². The molecule has 0 saturated carbocycles. The second-order valence-electron chi connectivity index (χ2n) is 2.20. The number of halogens is 3. The van der Waals surface area contributed by atoms with E-state index in [2.05, 4.69) is 9.68 Å². The van der Waals surface area contributed by atoms with E-state index in [0.717, 1.165) is 0 Å². The highest BCUT2D eigenvalue weighted by Crippen LogP contribution is 2.31. The maximum Gasteiger partial charge on any atom is 0.421 e. The molecule has 6 heteroatoms. The summed E-state index contributed by atoms with van der Waals surface area (Å²) in [4.78, 5) is 0. The summed E-state index contributed by atoms with van der Waals surface area (Å²) >= 11 is 0. The lowest BCUT2D eigenvalue weighted by Crippen LogP contribution is -2.10. The van der Waals surface area contributed by atoms with Crippen LogP contribution in [0, 0.1) is 0 Å². The fourth-order valence-electron chi connectivity index (χ4n) is 0.807. The first kappa shape index (κ1) is 9.05.